The number of hydrogen-bond acceptors (Lipinski definition) is 1. The third-order valence-electron chi connectivity index (χ3n) is 2.38. The van der Waals surface area contributed by atoms with Crippen molar-refractivity contribution in [1.29, 1.82) is 0 Å². The summed E-state index contributed by atoms with van der Waals surface area (Å²) in [6.45, 7) is 0. The van der Waals surface area contributed by atoms with Crippen molar-refractivity contribution >= 4 is 11.6 Å². The molecule has 1 rings (SSSR count). The first-order valence-electron chi connectivity index (χ1n) is 5.00. The number of likely N-dealkylation sites (N-methyl/N-ethyl adjacent to an activating group) is 1. The first kappa shape index (κ1) is 14.3. The van der Waals surface area contributed by atoms with Crippen molar-refractivity contribution in [2.75, 3.05) is 7.05 Å². The number of benzene rings is 1. The van der Waals surface area contributed by atoms with Gasteiger partial charge in [-0.05, 0) is 25.1 Å². The SMILES string of the molecule is CNC(Cc1cccc(F)c1Cl)CC(F)(F)F. The Balaban J connectivity index is 2.77. The Morgan fingerprint density at radius 1 is 1.35 bits per heavy atom. The number of nitrogens with one attached hydrogen (secondary N) is 1. The Kier molecular flexibility index (Phi) is 4.77. The highest BCUT2D eigenvalue weighted by Crippen LogP contribution is 2.26. The summed E-state index contributed by atoms with van der Waals surface area (Å²) in [5, 5.41) is 2.44. The standard InChI is InChI=1S/C11H12ClF4N/c1-17-8(6-11(14,15)16)5-7-3-2-4-9(13)10(7)12/h2-4,8,17H,5-6H2,1H3. The molecule has 1 atom stereocenters. The summed E-state index contributed by atoms with van der Waals surface area (Å²) in [6.07, 6.45) is -5.20. The molecule has 6 heteroatoms. The molecule has 1 N–H and O–H groups in total. The molecule has 0 radical (unpaired) electrons. The van der Waals surface area contributed by atoms with Crippen LogP contribution >= 0.6 is 11.6 Å². The zero-order valence-electron chi connectivity index (χ0n) is 9.11. The van der Waals surface area contributed by atoms with Crippen LogP contribution in [0.4, 0.5) is 17.6 Å². The highest BCUT2D eigenvalue weighted by atomic mass is 35.5. The molecular formula is C11H12ClF4N. The fourth-order valence-electron chi connectivity index (χ4n) is 1.53. The summed E-state index contributed by atoms with van der Waals surface area (Å²) in [7, 11) is 1.43. The fraction of sp³-hybridized carbons (Fsp3) is 0.455. The molecule has 96 valence electrons. The van der Waals surface area contributed by atoms with E-state index < -0.39 is 24.5 Å². The van der Waals surface area contributed by atoms with Crippen LogP contribution < -0.4 is 5.32 Å². The molecule has 0 aromatic heterocycles. The highest BCUT2D eigenvalue weighted by molar-refractivity contribution is 6.31. The van der Waals surface area contributed by atoms with Crippen LogP contribution in [0.1, 0.15) is 12.0 Å². The van der Waals surface area contributed by atoms with Gasteiger partial charge in [0.15, 0.2) is 0 Å². The average Bonchev–Trinajstić information content (AvgIpc) is 2.21. The normalized spacial score (nSPS) is 13.8. The van der Waals surface area contributed by atoms with Crippen LogP contribution in [0.2, 0.25) is 5.02 Å². The number of halogens is 5. The van der Waals surface area contributed by atoms with Gasteiger partial charge in [-0.15, -0.1) is 0 Å². The van der Waals surface area contributed by atoms with E-state index in [-0.39, 0.29) is 11.4 Å². The van der Waals surface area contributed by atoms with E-state index in [2.05, 4.69) is 5.32 Å². The Hall–Kier alpha value is -0.810. The predicted molar refractivity (Wildman–Crippen MR) is 58.6 cm³/mol. The molecule has 0 fully saturated rings. The van der Waals surface area contributed by atoms with Crippen molar-refractivity contribution in [2.24, 2.45) is 0 Å². The number of hydrogen-bond donors (Lipinski definition) is 1. The Labute approximate surface area is 102 Å². The van der Waals surface area contributed by atoms with Crippen molar-refractivity contribution in [3.63, 3.8) is 0 Å². The van der Waals surface area contributed by atoms with Gasteiger partial charge in [-0.2, -0.15) is 13.2 Å². The molecule has 0 amide bonds. The van der Waals surface area contributed by atoms with Crippen molar-refractivity contribution < 1.29 is 17.6 Å². The second-order valence-electron chi connectivity index (χ2n) is 3.72. The van der Waals surface area contributed by atoms with E-state index in [9.17, 15) is 17.6 Å². The molecule has 0 spiro atoms. The molecular weight excluding hydrogens is 258 g/mol. The Bertz CT molecular complexity index is 378. The van der Waals surface area contributed by atoms with Gasteiger partial charge < -0.3 is 5.32 Å². The van der Waals surface area contributed by atoms with Gasteiger partial charge in [-0.1, -0.05) is 23.7 Å². The third kappa shape index (κ3) is 4.52. The summed E-state index contributed by atoms with van der Waals surface area (Å²) in [4.78, 5) is 0. The quantitative estimate of drug-likeness (QED) is 0.824. The van der Waals surface area contributed by atoms with E-state index >= 15 is 0 Å². The van der Waals surface area contributed by atoms with Crippen LogP contribution in [0.3, 0.4) is 0 Å². The van der Waals surface area contributed by atoms with Gasteiger partial charge in [0, 0.05) is 6.04 Å². The number of alkyl halides is 3. The predicted octanol–water partition coefficient (Wildman–Crippen LogP) is 3.56. The zero-order chi connectivity index (χ0) is 13.1. The lowest BCUT2D eigenvalue weighted by atomic mass is 10.0. The first-order valence-corrected chi connectivity index (χ1v) is 5.38. The van der Waals surface area contributed by atoms with Crippen LogP contribution in [0.15, 0.2) is 18.2 Å². The zero-order valence-corrected chi connectivity index (χ0v) is 9.87. The minimum absolute atomic E-state index is 0.0343. The maximum absolute atomic E-state index is 13.1. The van der Waals surface area contributed by atoms with Gasteiger partial charge >= 0.3 is 6.18 Å². The van der Waals surface area contributed by atoms with Crippen LogP contribution in [0.5, 0.6) is 0 Å². The van der Waals surface area contributed by atoms with Crippen molar-refractivity contribution in [3.05, 3.63) is 34.6 Å². The summed E-state index contributed by atoms with van der Waals surface area (Å²) in [6, 6.07) is 3.31. The molecule has 1 aromatic carbocycles. The summed E-state index contributed by atoms with van der Waals surface area (Å²) < 4.78 is 49.8. The highest BCUT2D eigenvalue weighted by Gasteiger charge is 2.31. The molecule has 0 heterocycles. The molecule has 17 heavy (non-hydrogen) atoms. The Morgan fingerprint density at radius 2 is 2.00 bits per heavy atom. The van der Waals surface area contributed by atoms with Crippen molar-refractivity contribution in [3.8, 4) is 0 Å². The van der Waals surface area contributed by atoms with Crippen LogP contribution in [-0.4, -0.2) is 19.3 Å². The third-order valence-corrected chi connectivity index (χ3v) is 2.81. The van der Waals surface area contributed by atoms with E-state index in [4.69, 9.17) is 11.6 Å². The number of rotatable bonds is 4. The lowest BCUT2D eigenvalue weighted by Crippen LogP contribution is -2.33. The average molecular weight is 270 g/mol. The molecule has 0 saturated carbocycles. The maximum atomic E-state index is 13.1. The van der Waals surface area contributed by atoms with Crippen LogP contribution in [0.25, 0.3) is 0 Å². The van der Waals surface area contributed by atoms with Gasteiger partial charge in [0.1, 0.15) is 5.82 Å². The molecule has 1 nitrogen and oxygen atoms in total. The van der Waals surface area contributed by atoms with Crippen LogP contribution in [-0.2, 0) is 6.42 Å². The van der Waals surface area contributed by atoms with E-state index in [1.807, 2.05) is 0 Å². The maximum Gasteiger partial charge on any atom is 0.390 e. The molecule has 1 unspecified atom stereocenters. The monoisotopic (exact) mass is 269 g/mol. The van der Waals surface area contributed by atoms with E-state index in [0.29, 0.717) is 5.56 Å². The van der Waals surface area contributed by atoms with E-state index in [1.165, 1.54) is 25.2 Å². The lowest BCUT2D eigenvalue weighted by molar-refractivity contribution is -0.139. The minimum Gasteiger partial charge on any atom is -0.316 e. The van der Waals surface area contributed by atoms with Gasteiger partial charge in [0.05, 0.1) is 11.4 Å². The Morgan fingerprint density at radius 3 is 2.53 bits per heavy atom. The minimum atomic E-state index is -4.26. The van der Waals surface area contributed by atoms with Gasteiger partial charge in [-0.25, -0.2) is 4.39 Å². The second kappa shape index (κ2) is 5.69. The van der Waals surface area contributed by atoms with Gasteiger partial charge in [0.2, 0.25) is 0 Å². The van der Waals surface area contributed by atoms with Crippen molar-refractivity contribution in [1.82, 2.24) is 5.32 Å². The lowest BCUT2D eigenvalue weighted by Gasteiger charge is -2.18. The topological polar surface area (TPSA) is 12.0 Å². The largest absolute Gasteiger partial charge is 0.390 e. The molecule has 0 saturated heterocycles. The van der Waals surface area contributed by atoms with Gasteiger partial charge in [-0.3, -0.25) is 0 Å². The molecule has 0 aliphatic carbocycles. The summed E-state index contributed by atoms with van der Waals surface area (Å²) in [5.41, 5.74) is 0.371. The van der Waals surface area contributed by atoms with Crippen molar-refractivity contribution in [2.45, 2.75) is 25.1 Å². The first-order chi connectivity index (χ1) is 7.83. The molecule has 0 aliphatic heterocycles. The van der Waals surface area contributed by atoms with Gasteiger partial charge in [0.25, 0.3) is 0 Å². The molecule has 0 bridgehead atoms. The second-order valence-corrected chi connectivity index (χ2v) is 4.10. The molecule has 0 aliphatic rings. The summed E-state index contributed by atoms with van der Waals surface area (Å²) >= 11 is 5.68. The van der Waals surface area contributed by atoms with Crippen LogP contribution in [0, 0.1) is 5.82 Å². The smallest absolute Gasteiger partial charge is 0.316 e. The molecule has 1 aromatic rings. The summed E-state index contributed by atoms with van der Waals surface area (Å²) in [5.74, 6) is -0.619. The van der Waals surface area contributed by atoms with E-state index in [0.717, 1.165) is 0 Å². The fourth-order valence-corrected chi connectivity index (χ4v) is 1.73. The van der Waals surface area contributed by atoms with E-state index in [1.54, 1.807) is 0 Å².